The van der Waals surface area contributed by atoms with Crippen LogP contribution in [0.1, 0.15) is 18.1 Å². The maximum Gasteiger partial charge on any atom is 0.405 e. The summed E-state index contributed by atoms with van der Waals surface area (Å²) in [4.78, 5) is 15.5. The number of carbonyl (C=O) groups is 1. The number of aliphatic hydroxyl groups excluding tert-OH is 1. The van der Waals surface area contributed by atoms with E-state index in [1.54, 1.807) is 0 Å². The van der Waals surface area contributed by atoms with Crippen LogP contribution >= 0.6 is 0 Å². The minimum absolute atomic E-state index is 0.273. The van der Waals surface area contributed by atoms with Gasteiger partial charge in [0.05, 0.1) is 0 Å². The molecule has 0 aromatic heterocycles. The number of nitrogen functional groups attached to an aromatic ring is 1. The van der Waals surface area contributed by atoms with Gasteiger partial charge in [0.2, 0.25) is 0 Å². The molecular weight excluding hydrogens is 344 g/mol. The number of amides is 1. The average molecular weight is 370 g/mol. The summed E-state index contributed by atoms with van der Waals surface area (Å²) in [6.07, 6.45) is -1.87. The fourth-order valence-corrected chi connectivity index (χ4v) is 3.36. The van der Waals surface area contributed by atoms with E-state index in [1.807, 2.05) is 59.5 Å². The van der Waals surface area contributed by atoms with Crippen molar-refractivity contribution >= 4 is 17.5 Å². The Morgan fingerprint density at radius 2 is 1.67 bits per heavy atom. The van der Waals surface area contributed by atoms with E-state index in [-0.39, 0.29) is 6.42 Å². The van der Waals surface area contributed by atoms with E-state index in [4.69, 9.17) is 16.2 Å². The highest BCUT2D eigenvalue weighted by Crippen LogP contribution is 2.25. The van der Waals surface area contributed by atoms with Gasteiger partial charge in [0.25, 0.3) is 0 Å². The summed E-state index contributed by atoms with van der Waals surface area (Å²) < 4.78 is 5.23. The van der Waals surface area contributed by atoms with E-state index in [0.29, 0.717) is 13.1 Å². The van der Waals surface area contributed by atoms with Gasteiger partial charge in [-0.25, -0.2) is 4.79 Å². The first-order chi connectivity index (χ1) is 13.0. The second-order valence-corrected chi connectivity index (χ2v) is 6.67. The molecule has 0 bridgehead atoms. The van der Waals surface area contributed by atoms with Gasteiger partial charge in [0, 0.05) is 44.0 Å². The highest BCUT2D eigenvalue weighted by Gasteiger charge is 2.27. The molecule has 0 spiro atoms. The number of nitrogens with two attached hydrogens (primary N) is 2. The normalized spacial score (nSPS) is 17.3. The number of carbonyl (C=O) groups excluding carboxylic acids is 1. The Labute approximate surface area is 159 Å². The number of anilines is 2. The topological polar surface area (TPSA) is 105 Å². The highest BCUT2D eigenvalue weighted by molar-refractivity contribution is 5.65. The smallest absolute Gasteiger partial charge is 0.405 e. The molecule has 1 aliphatic rings. The molecule has 0 radical (unpaired) electrons. The van der Waals surface area contributed by atoms with Crippen LogP contribution in [0.3, 0.4) is 0 Å². The third-order valence-corrected chi connectivity index (χ3v) is 4.85. The maximum absolute atomic E-state index is 11.3. The van der Waals surface area contributed by atoms with Crippen LogP contribution in [-0.4, -0.2) is 48.5 Å². The van der Waals surface area contributed by atoms with Gasteiger partial charge in [-0.2, -0.15) is 0 Å². The molecule has 27 heavy (non-hydrogen) atoms. The van der Waals surface area contributed by atoms with Crippen molar-refractivity contribution in [2.24, 2.45) is 5.73 Å². The fraction of sp³-hybridized carbons (Fsp3) is 0.350. The standard InChI is InChI=1S/C20H26N4O3/c21-16-6-8-17(9-7-16)23-10-12-24(13-11-23)19(25)14-18(27-20(22)26)15-4-2-1-3-5-15/h1-9,18-19,25H,10-14,21H2,(H2,22,26)/t18-,19?/m1/s1. The molecular formula is C20H26N4O3. The van der Waals surface area contributed by atoms with Crippen LogP contribution in [-0.2, 0) is 4.74 Å². The lowest BCUT2D eigenvalue weighted by Crippen LogP contribution is -2.50. The van der Waals surface area contributed by atoms with Crippen LogP contribution in [0, 0.1) is 0 Å². The number of hydrogen-bond acceptors (Lipinski definition) is 6. The van der Waals surface area contributed by atoms with Gasteiger partial charge in [-0.1, -0.05) is 30.3 Å². The third kappa shape index (κ3) is 5.12. The molecule has 2 atom stereocenters. The number of primary amides is 1. The molecule has 2 aromatic carbocycles. The Morgan fingerprint density at radius 1 is 1.04 bits per heavy atom. The number of benzene rings is 2. The van der Waals surface area contributed by atoms with Crippen molar-refractivity contribution in [1.82, 2.24) is 4.90 Å². The van der Waals surface area contributed by atoms with Gasteiger partial charge in [-0.3, -0.25) is 4.90 Å². The first-order valence-corrected chi connectivity index (χ1v) is 9.06. The third-order valence-electron chi connectivity index (χ3n) is 4.85. The minimum atomic E-state index is -0.843. The zero-order chi connectivity index (χ0) is 19.2. The molecule has 2 aromatic rings. The lowest BCUT2D eigenvalue weighted by Gasteiger charge is -2.39. The summed E-state index contributed by atoms with van der Waals surface area (Å²) in [6, 6.07) is 17.1. The summed E-state index contributed by atoms with van der Waals surface area (Å²) in [5, 5.41) is 10.7. The zero-order valence-electron chi connectivity index (χ0n) is 15.2. The Morgan fingerprint density at radius 3 is 2.26 bits per heavy atom. The van der Waals surface area contributed by atoms with Crippen molar-refractivity contribution in [3.8, 4) is 0 Å². The first-order valence-electron chi connectivity index (χ1n) is 9.06. The number of rotatable bonds is 6. The second kappa shape index (κ2) is 8.75. The van der Waals surface area contributed by atoms with Gasteiger partial charge >= 0.3 is 6.09 Å². The number of ether oxygens (including phenoxy) is 1. The van der Waals surface area contributed by atoms with Gasteiger partial charge in [0.15, 0.2) is 0 Å². The van der Waals surface area contributed by atoms with Gasteiger partial charge in [-0.15, -0.1) is 0 Å². The fourth-order valence-electron chi connectivity index (χ4n) is 3.36. The van der Waals surface area contributed by atoms with Crippen LogP contribution in [0.2, 0.25) is 0 Å². The van der Waals surface area contributed by atoms with Crippen molar-refractivity contribution in [2.45, 2.75) is 18.8 Å². The largest absolute Gasteiger partial charge is 0.441 e. The highest BCUT2D eigenvalue weighted by atomic mass is 16.6. The maximum atomic E-state index is 11.3. The molecule has 7 heteroatoms. The van der Waals surface area contributed by atoms with E-state index in [0.717, 1.165) is 30.0 Å². The van der Waals surface area contributed by atoms with E-state index in [9.17, 15) is 9.90 Å². The van der Waals surface area contributed by atoms with Gasteiger partial charge < -0.3 is 26.2 Å². The van der Waals surface area contributed by atoms with Crippen molar-refractivity contribution in [2.75, 3.05) is 36.8 Å². The number of piperazine rings is 1. The lowest BCUT2D eigenvalue weighted by atomic mass is 10.0. The van der Waals surface area contributed by atoms with Crippen LogP contribution in [0.25, 0.3) is 0 Å². The molecule has 0 saturated carbocycles. The van der Waals surface area contributed by atoms with Crippen LogP contribution in [0.5, 0.6) is 0 Å². The Kier molecular flexibility index (Phi) is 6.16. The van der Waals surface area contributed by atoms with Crippen LogP contribution in [0.15, 0.2) is 54.6 Å². The number of hydrogen-bond donors (Lipinski definition) is 3. The molecule has 1 aliphatic heterocycles. The van der Waals surface area contributed by atoms with Gasteiger partial charge in [0.1, 0.15) is 12.3 Å². The summed E-state index contributed by atoms with van der Waals surface area (Å²) in [7, 11) is 0. The van der Waals surface area contributed by atoms with E-state index in [2.05, 4.69) is 4.90 Å². The second-order valence-electron chi connectivity index (χ2n) is 6.67. The number of nitrogens with zero attached hydrogens (tertiary/aromatic N) is 2. The Hall–Kier alpha value is -2.77. The molecule has 7 nitrogen and oxygen atoms in total. The SMILES string of the molecule is NC(=O)O[C@H](CC(O)N1CCN(c2ccc(N)cc2)CC1)c1ccccc1. The Bertz CT molecular complexity index is 731. The van der Waals surface area contributed by atoms with Crippen LogP contribution < -0.4 is 16.4 Å². The molecule has 1 unspecified atom stereocenters. The molecule has 3 rings (SSSR count). The summed E-state index contributed by atoms with van der Waals surface area (Å²) >= 11 is 0. The predicted octanol–water partition coefficient (Wildman–Crippen LogP) is 1.94. The summed E-state index contributed by atoms with van der Waals surface area (Å²) in [5.41, 5.74) is 13.6. The molecule has 1 saturated heterocycles. The monoisotopic (exact) mass is 370 g/mol. The Balaban J connectivity index is 1.58. The van der Waals surface area contributed by atoms with Gasteiger partial charge in [-0.05, 0) is 29.8 Å². The van der Waals surface area contributed by atoms with Crippen molar-refractivity contribution in [3.05, 3.63) is 60.2 Å². The predicted molar refractivity (Wildman–Crippen MR) is 105 cm³/mol. The zero-order valence-corrected chi connectivity index (χ0v) is 15.2. The summed E-state index contributed by atoms with van der Waals surface area (Å²) in [6.45, 7) is 3.02. The van der Waals surface area contributed by atoms with Crippen molar-refractivity contribution in [1.29, 1.82) is 0 Å². The number of aliphatic hydroxyl groups is 1. The average Bonchev–Trinajstić information content (AvgIpc) is 2.68. The lowest BCUT2D eigenvalue weighted by molar-refractivity contribution is -0.0364. The van der Waals surface area contributed by atoms with Crippen molar-refractivity contribution < 1.29 is 14.6 Å². The molecule has 5 N–H and O–H groups in total. The first kappa shape index (κ1) is 19.0. The van der Waals surface area contributed by atoms with E-state index >= 15 is 0 Å². The molecule has 1 amide bonds. The van der Waals surface area contributed by atoms with Crippen LogP contribution in [0.4, 0.5) is 16.2 Å². The molecule has 144 valence electrons. The van der Waals surface area contributed by atoms with E-state index in [1.165, 1.54) is 0 Å². The molecule has 1 fully saturated rings. The minimum Gasteiger partial charge on any atom is -0.441 e. The van der Waals surface area contributed by atoms with E-state index < -0.39 is 18.4 Å². The quantitative estimate of drug-likeness (QED) is 0.671. The molecule has 1 heterocycles. The van der Waals surface area contributed by atoms with Crippen molar-refractivity contribution in [3.63, 3.8) is 0 Å². The summed E-state index contributed by atoms with van der Waals surface area (Å²) in [5.74, 6) is 0. The molecule has 0 aliphatic carbocycles.